The first-order chi connectivity index (χ1) is 13.5. The number of nitrogens with one attached hydrogen (secondary N) is 1. The minimum Gasteiger partial charge on any atom is -0.465 e. The van der Waals surface area contributed by atoms with Crippen molar-refractivity contribution < 1.29 is 14.3 Å². The van der Waals surface area contributed by atoms with Gasteiger partial charge in [0, 0.05) is 22.9 Å². The lowest BCUT2D eigenvalue weighted by Gasteiger charge is -2.24. The van der Waals surface area contributed by atoms with Gasteiger partial charge in [0.2, 0.25) is 5.91 Å². The Hall–Kier alpha value is -3.12. The van der Waals surface area contributed by atoms with Crippen molar-refractivity contribution in [2.75, 3.05) is 12.4 Å². The molecule has 0 spiro atoms. The van der Waals surface area contributed by atoms with E-state index in [2.05, 4.69) is 10.4 Å². The van der Waals surface area contributed by atoms with Crippen LogP contribution in [0, 0.1) is 0 Å². The van der Waals surface area contributed by atoms with E-state index in [0.29, 0.717) is 29.4 Å². The molecule has 0 aliphatic carbocycles. The molecule has 1 aliphatic rings. The Kier molecular flexibility index (Phi) is 4.88. The molecule has 0 saturated heterocycles. The average Bonchev–Trinajstić information content (AvgIpc) is 3.11. The van der Waals surface area contributed by atoms with Gasteiger partial charge in [0.05, 0.1) is 25.4 Å². The largest absolute Gasteiger partial charge is 0.465 e. The fourth-order valence-electron chi connectivity index (χ4n) is 3.42. The fourth-order valence-corrected chi connectivity index (χ4v) is 3.55. The predicted octanol–water partition coefficient (Wildman–Crippen LogP) is 3.85. The molecule has 0 bridgehead atoms. The molecule has 1 amide bonds. The first-order valence-electron chi connectivity index (χ1n) is 8.83. The molecule has 2 heterocycles. The molecule has 0 unspecified atom stereocenters. The van der Waals surface area contributed by atoms with Crippen molar-refractivity contribution in [1.82, 2.24) is 9.78 Å². The lowest BCUT2D eigenvalue weighted by atomic mass is 9.87. The third-order valence-corrected chi connectivity index (χ3v) is 5.12. The Morgan fingerprint density at radius 3 is 2.61 bits per heavy atom. The number of aromatic nitrogens is 2. The van der Waals surface area contributed by atoms with E-state index in [0.717, 1.165) is 16.7 Å². The van der Waals surface area contributed by atoms with Crippen LogP contribution >= 0.6 is 11.6 Å². The summed E-state index contributed by atoms with van der Waals surface area (Å²) in [5.74, 6) is 0.138. The number of carbonyl (C=O) groups is 2. The number of amides is 1. The van der Waals surface area contributed by atoms with Gasteiger partial charge in [-0.25, -0.2) is 9.48 Å². The number of esters is 1. The monoisotopic (exact) mass is 395 g/mol. The minimum absolute atomic E-state index is 0.0626. The molecule has 7 heteroatoms. The van der Waals surface area contributed by atoms with Crippen molar-refractivity contribution in [3.63, 3.8) is 0 Å². The fraction of sp³-hybridized carbons (Fsp3) is 0.190. The highest BCUT2D eigenvalue weighted by Crippen LogP contribution is 2.37. The third-order valence-electron chi connectivity index (χ3n) is 4.87. The van der Waals surface area contributed by atoms with E-state index >= 15 is 0 Å². The van der Waals surface area contributed by atoms with Crippen molar-refractivity contribution in [2.45, 2.75) is 18.9 Å². The van der Waals surface area contributed by atoms with Crippen molar-refractivity contribution in [3.8, 4) is 0 Å². The Morgan fingerprint density at radius 1 is 1.21 bits per heavy atom. The SMILES string of the molecule is COC(=O)c1ccc([C@@H]2CC(=O)Nc3c2cnn3Cc2ccc(Cl)cc2)cc1. The highest BCUT2D eigenvalue weighted by Gasteiger charge is 2.30. The second kappa shape index (κ2) is 7.48. The van der Waals surface area contributed by atoms with Gasteiger partial charge in [-0.2, -0.15) is 5.10 Å². The summed E-state index contributed by atoms with van der Waals surface area (Å²) in [5.41, 5.74) is 3.42. The van der Waals surface area contributed by atoms with E-state index in [1.807, 2.05) is 36.4 Å². The molecule has 0 radical (unpaired) electrons. The molecular weight excluding hydrogens is 378 g/mol. The Balaban J connectivity index is 1.64. The van der Waals surface area contributed by atoms with Crippen LogP contribution in [0.5, 0.6) is 0 Å². The van der Waals surface area contributed by atoms with Crippen molar-refractivity contribution in [1.29, 1.82) is 0 Å². The second-order valence-corrected chi connectivity index (χ2v) is 7.09. The van der Waals surface area contributed by atoms with Crippen molar-refractivity contribution >= 4 is 29.3 Å². The van der Waals surface area contributed by atoms with Gasteiger partial charge in [0.25, 0.3) is 0 Å². The molecule has 4 rings (SSSR count). The number of benzene rings is 2. The Bertz CT molecular complexity index is 1030. The normalized spacial score (nSPS) is 15.6. The Morgan fingerprint density at radius 2 is 1.93 bits per heavy atom. The third kappa shape index (κ3) is 3.51. The molecule has 142 valence electrons. The first kappa shape index (κ1) is 18.3. The molecule has 1 atom stereocenters. The van der Waals surface area contributed by atoms with Gasteiger partial charge >= 0.3 is 5.97 Å². The predicted molar refractivity (Wildman–Crippen MR) is 106 cm³/mol. The topological polar surface area (TPSA) is 73.2 Å². The van der Waals surface area contributed by atoms with Crippen LogP contribution in [0.1, 0.15) is 39.4 Å². The van der Waals surface area contributed by atoms with Crippen molar-refractivity contribution in [2.24, 2.45) is 0 Å². The number of nitrogens with zero attached hydrogens (tertiary/aromatic N) is 2. The zero-order valence-corrected chi connectivity index (χ0v) is 15.9. The summed E-state index contributed by atoms with van der Waals surface area (Å²) in [6.45, 7) is 0.529. The number of halogens is 1. The minimum atomic E-state index is -0.385. The number of anilines is 1. The highest BCUT2D eigenvalue weighted by atomic mass is 35.5. The van der Waals surface area contributed by atoms with Gasteiger partial charge in [0.1, 0.15) is 5.82 Å². The molecule has 0 fully saturated rings. The summed E-state index contributed by atoms with van der Waals surface area (Å²) in [4.78, 5) is 24.0. The second-order valence-electron chi connectivity index (χ2n) is 6.65. The zero-order chi connectivity index (χ0) is 19.7. The molecule has 2 aromatic carbocycles. The smallest absolute Gasteiger partial charge is 0.337 e. The van der Waals surface area contributed by atoms with Gasteiger partial charge in [-0.1, -0.05) is 35.9 Å². The number of methoxy groups -OCH3 is 1. The van der Waals surface area contributed by atoms with Gasteiger partial charge in [-0.3, -0.25) is 4.79 Å². The summed E-state index contributed by atoms with van der Waals surface area (Å²) in [6, 6.07) is 14.7. The summed E-state index contributed by atoms with van der Waals surface area (Å²) >= 11 is 5.95. The van der Waals surface area contributed by atoms with Crippen LogP contribution in [-0.2, 0) is 16.1 Å². The van der Waals surface area contributed by atoms with Crippen LogP contribution in [0.3, 0.4) is 0 Å². The van der Waals surface area contributed by atoms with Crippen LogP contribution in [-0.4, -0.2) is 28.8 Å². The van der Waals surface area contributed by atoms with Gasteiger partial charge in [-0.15, -0.1) is 0 Å². The van der Waals surface area contributed by atoms with E-state index < -0.39 is 0 Å². The van der Waals surface area contributed by atoms with Crippen molar-refractivity contribution in [3.05, 3.63) is 82.0 Å². The molecule has 0 saturated carbocycles. The number of hydrogen-bond donors (Lipinski definition) is 1. The molecule has 1 aromatic heterocycles. The van der Waals surface area contributed by atoms with Crippen LogP contribution in [0.2, 0.25) is 5.02 Å². The number of fused-ring (bicyclic) bond motifs is 1. The van der Waals surface area contributed by atoms with Gasteiger partial charge < -0.3 is 10.1 Å². The van der Waals surface area contributed by atoms with Gasteiger partial charge in [0.15, 0.2) is 0 Å². The van der Waals surface area contributed by atoms with Crippen LogP contribution in [0.4, 0.5) is 5.82 Å². The summed E-state index contributed by atoms with van der Waals surface area (Å²) in [5, 5.41) is 8.10. The van der Waals surface area contributed by atoms with E-state index in [9.17, 15) is 9.59 Å². The number of rotatable bonds is 4. The maximum atomic E-state index is 12.3. The quantitative estimate of drug-likeness (QED) is 0.681. The first-order valence-corrected chi connectivity index (χ1v) is 9.21. The molecule has 6 nitrogen and oxygen atoms in total. The van der Waals surface area contributed by atoms with E-state index in [4.69, 9.17) is 16.3 Å². The zero-order valence-electron chi connectivity index (χ0n) is 15.2. The van der Waals surface area contributed by atoms with Crippen LogP contribution in [0.15, 0.2) is 54.7 Å². The molecular formula is C21H18ClN3O3. The van der Waals surface area contributed by atoms with Gasteiger partial charge in [-0.05, 0) is 35.4 Å². The Labute approximate surface area is 167 Å². The lowest BCUT2D eigenvalue weighted by molar-refractivity contribution is -0.116. The maximum absolute atomic E-state index is 12.3. The molecule has 1 N–H and O–H groups in total. The van der Waals surface area contributed by atoms with Crippen LogP contribution < -0.4 is 5.32 Å². The van der Waals surface area contributed by atoms with E-state index in [-0.39, 0.29) is 17.8 Å². The average molecular weight is 396 g/mol. The van der Waals surface area contributed by atoms with E-state index in [1.165, 1.54) is 7.11 Å². The number of carbonyl (C=O) groups excluding carboxylic acids is 2. The van der Waals surface area contributed by atoms with E-state index in [1.54, 1.807) is 23.0 Å². The highest BCUT2D eigenvalue weighted by molar-refractivity contribution is 6.30. The standard InChI is InChI=1S/C21H18ClN3O3/c1-28-21(27)15-6-4-14(5-7-15)17-10-19(26)24-20-18(17)11-23-25(20)12-13-2-8-16(22)9-3-13/h2-9,11,17H,10,12H2,1H3,(H,24,26)/t17-/m0/s1. The molecule has 1 aliphatic heterocycles. The lowest BCUT2D eigenvalue weighted by Crippen LogP contribution is -2.25. The summed E-state index contributed by atoms with van der Waals surface area (Å²) < 4.78 is 6.52. The maximum Gasteiger partial charge on any atom is 0.337 e. The van der Waals surface area contributed by atoms with Crippen LogP contribution in [0.25, 0.3) is 0 Å². The summed E-state index contributed by atoms with van der Waals surface area (Å²) in [6.07, 6.45) is 2.13. The number of ether oxygens (including phenoxy) is 1. The summed E-state index contributed by atoms with van der Waals surface area (Å²) in [7, 11) is 1.35. The number of hydrogen-bond acceptors (Lipinski definition) is 4. The molecule has 28 heavy (non-hydrogen) atoms. The molecule has 3 aromatic rings.